The Morgan fingerprint density at radius 1 is 0.750 bits per heavy atom. The minimum absolute atomic E-state index is 0.0509. The van der Waals surface area contributed by atoms with Crippen molar-refractivity contribution in [2.75, 3.05) is 13.2 Å². The Labute approximate surface area is 125 Å². The van der Waals surface area contributed by atoms with Gasteiger partial charge in [0.25, 0.3) is 0 Å². The van der Waals surface area contributed by atoms with Crippen molar-refractivity contribution in [3.63, 3.8) is 0 Å². The first-order valence-corrected chi connectivity index (χ1v) is 8.06. The number of hydrogen-bond acceptors (Lipinski definition) is 3. The number of hydrogen-bond donors (Lipinski definition) is 1. The molecule has 0 saturated carbocycles. The zero-order chi connectivity index (χ0) is 15.6. The summed E-state index contributed by atoms with van der Waals surface area (Å²) in [4.78, 5) is 0. The molecule has 0 radical (unpaired) electrons. The summed E-state index contributed by atoms with van der Waals surface area (Å²) in [6, 6.07) is 0.244. The van der Waals surface area contributed by atoms with Crippen LogP contribution in [0, 0.1) is 17.8 Å². The lowest BCUT2D eigenvalue weighted by Crippen LogP contribution is -2.46. The Morgan fingerprint density at radius 3 is 1.55 bits per heavy atom. The van der Waals surface area contributed by atoms with Crippen LogP contribution in [0.2, 0.25) is 0 Å². The molecule has 2 fully saturated rings. The summed E-state index contributed by atoms with van der Waals surface area (Å²) in [5, 5.41) is 0. The van der Waals surface area contributed by atoms with E-state index in [1.807, 2.05) is 0 Å². The molecule has 0 aromatic carbocycles. The van der Waals surface area contributed by atoms with Crippen LogP contribution in [0.5, 0.6) is 0 Å². The van der Waals surface area contributed by atoms with Gasteiger partial charge in [0.05, 0.1) is 24.4 Å². The van der Waals surface area contributed by atoms with E-state index in [1.54, 1.807) is 0 Å². The zero-order valence-electron chi connectivity index (χ0n) is 14.5. The van der Waals surface area contributed by atoms with Gasteiger partial charge in [0.2, 0.25) is 0 Å². The molecular weight excluding hydrogens is 250 g/mol. The van der Waals surface area contributed by atoms with E-state index in [9.17, 15) is 0 Å². The monoisotopic (exact) mass is 285 g/mol. The maximum Gasteiger partial charge on any atom is 0.0630 e. The molecule has 2 saturated heterocycles. The molecular formula is C17H35NO2. The quantitative estimate of drug-likeness (QED) is 0.739. The zero-order valence-corrected chi connectivity index (χ0v) is 14.5. The fourth-order valence-electron chi connectivity index (χ4n) is 3.03. The number of nitrogens with two attached hydrogens (primary N) is 1. The van der Waals surface area contributed by atoms with Gasteiger partial charge in [0, 0.05) is 6.04 Å². The van der Waals surface area contributed by atoms with Crippen LogP contribution < -0.4 is 5.73 Å². The molecule has 120 valence electrons. The average molecular weight is 285 g/mol. The van der Waals surface area contributed by atoms with Crippen molar-refractivity contribution < 1.29 is 9.47 Å². The van der Waals surface area contributed by atoms with Crippen molar-refractivity contribution in [2.45, 2.75) is 78.6 Å². The van der Waals surface area contributed by atoms with Gasteiger partial charge in [0.15, 0.2) is 0 Å². The molecule has 2 rings (SSSR count). The Kier molecular flexibility index (Phi) is 6.06. The number of rotatable bonds is 0. The standard InChI is InChI=1S/C9H18O.C8H17NO/c1-7-5-9(3,4)10-6-8(7)2;1-6-4-8(2,3)10-5-7(6)9/h7-8H,5-6H2,1-4H3;6-7H,4-5,9H2,1-3H3/t7-,8+;6-,7+/m11/s1. The molecule has 0 spiro atoms. The third-order valence-electron chi connectivity index (χ3n) is 4.73. The summed E-state index contributed by atoms with van der Waals surface area (Å²) in [5.74, 6) is 2.17. The lowest BCUT2D eigenvalue weighted by molar-refractivity contribution is -0.0944. The lowest BCUT2D eigenvalue weighted by atomic mass is 9.83. The Morgan fingerprint density at radius 2 is 1.20 bits per heavy atom. The van der Waals surface area contributed by atoms with E-state index in [-0.39, 0.29) is 17.2 Å². The van der Waals surface area contributed by atoms with Crippen LogP contribution in [0.3, 0.4) is 0 Å². The Hall–Kier alpha value is -0.120. The van der Waals surface area contributed by atoms with Crippen LogP contribution in [0.1, 0.15) is 61.3 Å². The summed E-state index contributed by atoms with van der Waals surface area (Å²) >= 11 is 0. The predicted molar refractivity (Wildman–Crippen MR) is 84.8 cm³/mol. The van der Waals surface area contributed by atoms with E-state index in [0.717, 1.165) is 24.9 Å². The van der Waals surface area contributed by atoms with Crippen molar-refractivity contribution >= 4 is 0 Å². The summed E-state index contributed by atoms with van der Waals surface area (Å²) < 4.78 is 11.2. The van der Waals surface area contributed by atoms with Gasteiger partial charge in [-0.15, -0.1) is 0 Å². The molecule has 0 aliphatic carbocycles. The predicted octanol–water partition coefficient (Wildman–Crippen LogP) is 3.61. The fraction of sp³-hybridized carbons (Fsp3) is 1.00. The molecule has 3 heteroatoms. The highest BCUT2D eigenvalue weighted by atomic mass is 16.5. The van der Waals surface area contributed by atoms with Crippen molar-refractivity contribution in [2.24, 2.45) is 23.5 Å². The first-order chi connectivity index (χ1) is 9.02. The molecule has 2 aliphatic rings. The van der Waals surface area contributed by atoms with Gasteiger partial charge in [-0.05, 0) is 58.3 Å². The van der Waals surface area contributed by atoms with E-state index < -0.39 is 0 Å². The third kappa shape index (κ3) is 5.71. The molecule has 0 unspecified atom stereocenters. The molecule has 2 aliphatic heterocycles. The van der Waals surface area contributed by atoms with E-state index >= 15 is 0 Å². The second kappa shape index (κ2) is 6.76. The summed E-state index contributed by atoms with van der Waals surface area (Å²) in [5.41, 5.74) is 5.96. The molecule has 0 bridgehead atoms. The van der Waals surface area contributed by atoms with Gasteiger partial charge < -0.3 is 15.2 Å². The van der Waals surface area contributed by atoms with Gasteiger partial charge in [-0.1, -0.05) is 20.8 Å². The lowest BCUT2D eigenvalue weighted by Gasteiger charge is -2.37. The topological polar surface area (TPSA) is 44.5 Å². The normalized spacial score (nSPS) is 39.6. The maximum atomic E-state index is 5.77. The molecule has 0 aromatic heterocycles. The van der Waals surface area contributed by atoms with E-state index in [0.29, 0.717) is 12.5 Å². The summed E-state index contributed by atoms with van der Waals surface area (Å²) in [7, 11) is 0. The summed E-state index contributed by atoms with van der Waals surface area (Å²) in [6.45, 7) is 17.0. The highest BCUT2D eigenvalue weighted by Crippen LogP contribution is 2.31. The second-order valence-electron chi connectivity index (χ2n) is 8.15. The molecule has 0 aromatic rings. The highest BCUT2D eigenvalue weighted by Gasteiger charge is 2.31. The maximum absolute atomic E-state index is 5.77. The van der Waals surface area contributed by atoms with Crippen LogP contribution in [-0.2, 0) is 9.47 Å². The second-order valence-corrected chi connectivity index (χ2v) is 8.15. The first kappa shape index (κ1) is 17.9. The minimum atomic E-state index is 0.0509. The summed E-state index contributed by atoms with van der Waals surface area (Å²) in [6.07, 6.45) is 2.28. The average Bonchev–Trinajstić information content (AvgIpc) is 2.30. The van der Waals surface area contributed by atoms with Crippen LogP contribution in [0.4, 0.5) is 0 Å². The first-order valence-electron chi connectivity index (χ1n) is 8.06. The largest absolute Gasteiger partial charge is 0.375 e. The highest BCUT2D eigenvalue weighted by molar-refractivity contribution is 4.83. The van der Waals surface area contributed by atoms with Crippen molar-refractivity contribution in [3.8, 4) is 0 Å². The van der Waals surface area contributed by atoms with Crippen molar-refractivity contribution in [3.05, 3.63) is 0 Å². The molecule has 2 heterocycles. The van der Waals surface area contributed by atoms with Crippen LogP contribution >= 0.6 is 0 Å². The number of ether oxygens (including phenoxy) is 2. The Balaban J connectivity index is 0.000000200. The van der Waals surface area contributed by atoms with Crippen molar-refractivity contribution in [1.82, 2.24) is 0 Å². The van der Waals surface area contributed by atoms with Gasteiger partial charge in [-0.25, -0.2) is 0 Å². The van der Waals surface area contributed by atoms with Gasteiger partial charge in [-0.3, -0.25) is 0 Å². The SMILES string of the molecule is C[C@@H]1CC(C)(C)OC[C@@H]1C.C[C@@H]1CC(C)(C)OC[C@@H]1N. The smallest absolute Gasteiger partial charge is 0.0630 e. The molecule has 2 N–H and O–H groups in total. The molecule has 4 atom stereocenters. The molecule has 20 heavy (non-hydrogen) atoms. The fourth-order valence-corrected chi connectivity index (χ4v) is 3.03. The van der Waals surface area contributed by atoms with Gasteiger partial charge >= 0.3 is 0 Å². The van der Waals surface area contributed by atoms with Crippen LogP contribution in [0.25, 0.3) is 0 Å². The third-order valence-corrected chi connectivity index (χ3v) is 4.73. The van der Waals surface area contributed by atoms with E-state index in [4.69, 9.17) is 15.2 Å². The van der Waals surface area contributed by atoms with E-state index in [2.05, 4.69) is 48.5 Å². The Bertz CT molecular complexity index is 271. The van der Waals surface area contributed by atoms with Crippen LogP contribution in [-0.4, -0.2) is 30.5 Å². The molecule has 0 amide bonds. The van der Waals surface area contributed by atoms with Crippen molar-refractivity contribution in [1.29, 1.82) is 0 Å². The molecule has 3 nitrogen and oxygen atoms in total. The van der Waals surface area contributed by atoms with E-state index in [1.165, 1.54) is 6.42 Å². The minimum Gasteiger partial charge on any atom is -0.375 e. The van der Waals surface area contributed by atoms with Crippen LogP contribution in [0.15, 0.2) is 0 Å². The van der Waals surface area contributed by atoms with Gasteiger partial charge in [-0.2, -0.15) is 0 Å². The van der Waals surface area contributed by atoms with Gasteiger partial charge in [0.1, 0.15) is 0 Å².